The van der Waals surface area contributed by atoms with Crippen LogP contribution in [0.4, 0.5) is 0 Å². The van der Waals surface area contributed by atoms with Gasteiger partial charge in [-0.3, -0.25) is 14.4 Å². The third-order valence-electron chi connectivity index (χ3n) is 6.52. The van der Waals surface area contributed by atoms with Gasteiger partial charge in [0.2, 0.25) is 0 Å². The highest BCUT2D eigenvalue weighted by Gasteiger charge is 2.27. The first kappa shape index (κ1) is 26.7. The summed E-state index contributed by atoms with van der Waals surface area (Å²) in [7, 11) is 0. The van der Waals surface area contributed by atoms with Crippen LogP contribution in [0.5, 0.6) is 5.75 Å². The van der Waals surface area contributed by atoms with Crippen molar-refractivity contribution in [2.75, 3.05) is 32.7 Å². The molecule has 1 amide bonds. The highest BCUT2D eigenvalue weighted by molar-refractivity contribution is 6.30. The molecule has 0 unspecified atom stereocenters. The normalized spacial score (nSPS) is 15.4. The van der Waals surface area contributed by atoms with Crippen molar-refractivity contribution in [1.82, 2.24) is 14.8 Å². The van der Waals surface area contributed by atoms with Gasteiger partial charge in [0.05, 0.1) is 11.7 Å². The van der Waals surface area contributed by atoms with Gasteiger partial charge in [-0.2, -0.15) is 0 Å². The van der Waals surface area contributed by atoms with Crippen molar-refractivity contribution < 1.29 is 24.5 Å². The molecular formula is C27H30ClN3O6. The van der Waals surface area contributed by atoms with Crippen LogP contribution in [0.1, 0.15) is 28.8 Å². The minimum Gasteiger partial charge on any atom is -0.490 e. The Morgan fingerprint density at radius 1 is 1.19 bits per heavy atom. The third kappa shape index (κ3) is 6.68. The zero-order valence-corrected chi connectivity index (χ0v) is 21.3. The molecule has 3 N–H and O–H groups in total. The van der Waals surface area contributed by atoms with Gasteiger partial charge in [0.25, 0.3) is 11.5 Å². The predicted molar refractivity (Wildman–Crippen MR) is 140 cm³/mol. The van der Waals surface area contributed by atoms with Crippen molar-refractivity contribution in [3.63, 3.8) is 0 Å². The number of β-amino-alcohol motifs (C(OH)–C–C–N with tert-alkyl or cyclic N) is 1. The van der Waals surface area contributed by atoms with Gasteiger partial charge in [-0.1, -0.05) is 29.8 Å². The fraction of sp³-hybridized carbons (Fsp3) is 0.370. The molecule has 0 radical (unpaired) electrons. The number of hydrogen-bond donors (Lipinski definition) is 3. The van der Waals surface area contributed by atoms with Crippen LogP contribution in [0.25, 0.3) is 10.8 Å². The lowest BCUT2D eigenvalue weighted by Crippen LogP contribution is -2.47. The maximum Gasteiger partial charge on any atom is 0.323 e. The molecule has 4 rings (SSSR count). The number of H-pyrrole nitrogens is 1. The molecule has 1 atom stereocenters. The Bertz CT molecular complexity index is 1340. The highest BCUT2D eigenvalue weighted by Crippen LogP contribution is 2.25. The molecule has 2 aromatic carbocycles. The number of ether oxygens (including phenoxy) is 1. The van der Waals surface area contributed by atoms with E-state index >= 15 is 0 Å². The summed E-state index contributed by atoms with van der Waals surface area (Å²) >= 11 is 6.02. The van der Waals surface area contributed by atoms with Gasteiger partial charge < -0.3 is 29.7 Å². The van der Waals surface area contributed by atoms with Crippen LogP contribution in [0.15, 0.2) is 53.5 Å². The van der Waals surface area contributed by atoms with Crippen molar-refractivity contribution in [3.05, 3.63) is 75.2 Å². The Hall–Kier alpha value is -3.40. The van der Waals surface area contributed by atoms with Crippen LogP contribution in [0.2, 0.25) is 5.02 Å². The third-order valence-corrected chi connectivity index (χ3v) is 6.75. The number of halogens is 1. The van der Waals surface area contributed by atoms with Gasteiger partial charge >= 0.3 is 5.97 Å². The van der Waals surface area contributed by atoms with Crippen LogP contribution in [0.3, 0.4) is 0 Å². The lowest BCUT2D eigenvalue weighted by molar-refractivity contribution is -0.138. The number of rotatable bonds is 9. The average molecular weight is 528 g/mol. The molecule has 1 fully saturated rings. The van der Waals surface area contributed by atoms with E-state index in [2.05, 4.69) is 9.88 Å². The molecular weight excluding hydrogens is 498 g/mol. The summed E-state index contributed by atoms with van der Waals surface area (Å²) in [5, 5.41) is 21.6. The van der Waals surface area contributed by atoms with Crippen molar-refractivity contribution in [2.45, 2.75) is 32.0 Å². The second-order valence-electron chi connectivity index (χ2n) is 9.34. The Labute approximate surface area is 219 Å². The van der Waals surface area contributed by atoms with Gasteiger partial charge in [0.1, 0.15) is 18.4 Å². The van der Waals surface area contributed by atoms with Gasteiger partial charge in [-0.05, 0) is 49.6 Å². The zero-order valence-electron chi connectivity index (χ0n) is 20.5. The van der Waals surface area contributed by atoms with Crippen molar-refractivity contribution in [1.29, 1.82) is 0 Å². The van der Waals surface area contributed by atoms with E-state index in [0.29, 0.717) is 35.4 Å². The van der Waals surface area contributed by atoms with Crippen LogP contribution in [0, 0.1) is 6.92 Å². The Balaban J connectivity index is 1.37. The van der Waals surface area contributed by atoms with E-state index in [1.807, 2.05) is 19.1 Å². The lowest BCUT2D eigenvalue weighted by Gasteiger charge is -2.34. The van der Waals surface area contributed by atoms with E-state index < -0.39 is 24.5 Å². The Morgan fingerprint density at radius 2 is 1.89 bits per heavy atom. The molecule has 0 saturated carbocycles. The number of carbonyl (C=O) groups excluding carboxylic acids is 1. The van der Waals surface area contributed by atoms with E-state index in [-0.39, 0.29) is 23.8 Å². The first-order valence-corrected chi connectivity index (χ1v) is 12.5. The maximum absolute atomic E-state index is 13.3. The molecule has 0 bridgehead atoms. The van der Waals surface area contributed by atoms with E-state index in [0.717, 1.165) is 29.1 Å². The Kier molecular flexibility index (Phi) is 8.48. The summed E-state index contributed by atoms with van der Waals surface area (Å²) in [6, 6.07) is 12.2. The monoisotopic (exact) mass is 527 g/mol. The summed E-state index contributed by atoms with van der Waals surface area (Å²) in [5.74, 6) is -0.954. The molecule has 10 heteroatoms. The highest BCUT2D eigenvalue weighted by atomic mass is 35.5. The van der Waals surface area contributed by atoms with Gasteiger partial charge in [0, 0.05) is 48.2 Å². The van der Waals surface area contributed by atoms with Crippen LogP contribution >= 0.6 is 11.6 Å². The summed E-state index contributed by atoms with van der Waals surface area (Å²) in [4.78, 5) is 42.6. The van der Waals surface area contributed by atoms with E-state index in [9.17, 15) is 24.6 Å². The SMILES string of the molecule is Cc1cc(Cl)ccc1OC1CCN(C[C@H](O)CN(CC(=O)O)C(=O)c2c[nH]c(=O)c3ccccc23)CC1. The summed E-state index contributed by atoms with van der Waals surface area (Å²) < 4.78 is 6.14. The van der Waals surface area contributed by atoms with E-state index in [1.165, 1.54) is 6.20 Å². The number of pyridine rings is 1. The van der Waals surface area contributed by atoms with Crippen LogP contribution in [-0.2, 0) is 4.79 Å². The van der Waals surface area contributed by atoms with Crippen molar-refractivity contribution >= 4 is 34.2 Å². The number of amides is 1. The first-order valence-electron chi connectivity index (χ1n) is 12.2. The quantitative estimate of drug-likeness (QED) is 0.391. The number of carboxylic acid groups (broad SMARTS) is 1. The topological polar surface area (TPSA) is 123 Å². The average Bonchev–Trinajstić information content (AvgIpc) is 2.86. The van der Waals surface area contributed by atoms with Gasteiger partial charge in [-0.25, -0.2) is 0 Å². The number of likely N-dealkylation sites (tertiary alicyclic amines) is 1. The number of aliphatic hydroxyl groups is 1. The molecule has 37 heavy (non-hydrogen) atoms. The summed E-state index contributed by atoms with van der Waals surface area (Å²) in [5.41, 5.74) is 0.818. The minimum absolute atomic E-state index is 0.0480. The molecule has 196 valence electrons. The fourth-order valence-corrected chi connectivity index (χ4v) is 4.91. The molecule has 1 saturated heterocycles. The molecule has 3 aromatic rings. The number of aliphatic hydroxyl groups excluding tert-OH is 1. The van der Waals surface area contributed by atoms with Gasteiger partial charge in [-0.15, -0.1) is 0 Å². The first-order chi connectivity index (χ1) is 17.7. The van der Waals surface area contributed by atoms with Crippen molar-refractivity contribution in [2.24, 2.45) is 0 Å². The lowest BCUT2D eigenvalue weighted by atomic mass is 10.1. The molecule has 0 spiro atoms. The van der Waals surface area contributed by atoms with Gasteiger partial charge in [0.15, 0.2) is 0 Å². The molecule has 9 nitrogen and oxygen atoms in total. The zero-order chi connectivity index (χ0) is 26.5. The molecule has 0 aliphatic carbocycles. The number of carboxylic acids is 1. The number of aromatic nitrogens is 1. The number of aromatic amines is 1. The molecule has 1 aliphatic heterocycles. The number of nitrogens with one attached hydrogen (secondary N) is 1. The van der Waals surface area contributed by atoms with Crippen molar-refractivity contribution in [3.8, 4) is 5.75 Å². The number of nitrogens with zero attached hydrogens (tertiary/aromatic N) is 2. The predicted octanol–water partition coefficient (Wildman–Crippen LogP) is 2.92. The number of fused-ring (bicyclic) bond motifs is 1. The number of aliphatic carboxylic acids is 1. The Morgan fingerprint density at radius 3 is 2.57 bits per heavy atom. The van der Waals surface area contributed by atoms with E-state index in [4.69, 9.17) is 16.3 Å². The second-order valence-corrected chi connectivity index (χ2v) is 9.77. The van der Waals surface area contributed by atoms with Crippen LogP contribution in [-0.4, -0.2) is 81.8 Å². The number of carbonyl (C=O) groups is 2. The number of piperidine rings is 1. The molecule has 2 heterocycles. The molecule has 1 aliphatic rings. The number of aryl methyl sites for hydroxylation is 1. The minimum atomic E-state index is -1.19. The molecule has 1 aromatic heterocycles. The number of hydrogen-bond acceptors (Lipinski definition) is 6. The fourth-order valence-electron chi connectivity index (χ4n) is 4.68. The largest absolute Gasteiger partial charge is 0.490 e. The smallest absolute Gasteiger partial charge is 0.323 e. The summed E-state index contributed by atoms with van der Waals surface area (Å²) in [6.07, 6.45) is 1.94. The van der Waals surface area contributed by atoms with Crippen LogP contribution < -0.4 is 10.3 Å². The maximum atomic E-state index is 13.3. The standard InChI is InChI=1S/C27H30ClN3O6/c1-17-12-18(28)6-7-24(17)37-20-8-10-30(11-9-20)14-19(32)15-31(16-25(33)34)27(36)23-13-29-26(35)22-5-3-2-4-21(22)23/h2-7,12-13,19-20,32H,8-11,14-16H2,1H3,(H,29,35)(H,33,34)/t19-/m0/s1. The summed E-state index contributed by atoms with van der Waals surface area (Å²) in [6.45, 7) is 2.92. The van der Waals surface area contributed by atoms with E-state index in [1.54, 1.807) is 30.3 Å². The second kappa shape index (κ2) is 11.8. The number of benzene rings is 2.